The Bertz CT molecular complexity index is 755. The minimum absolute atomic E-state index is 0.272. The smallest absolute Gasteiger partial charge is 0.416 e. The van der Waals surface area contributed by atoms with Crippen molar-refractivity contribution < 1.29 is 27.5 Å². The maximum Gasteiger partial charge on any atom is 0.416 e. The molecule has 0 radical (unpaired) electrons. The predicted octanol–water partition coefficient (Wildman–Crippen LogP) is 4.04. The zero-order valence-electron chi connectivity index (χ0n) is 12.8. The molecule has 128 valence electrons. The van der Waals surface area contributed by atoms with Gasteiger partial charge in [0.05, 0.1) is 23.6 Å². The fraction of sp³-hybridized carbons (Fsp3) is 0.250. The van der Waals surface area contributed by atoms with E-state index in [0.717, 1.165) is 23.5 Å². The van der Waals surface area contributed by atoms with Gasteiger partial charge >= 0.3 is 12.1 Å². The molecule has 1 unspecified atom stereocenters. The summed E-state index contributed by atoms with van der Waals surface area (Å²) in [5.74, 6) is -1.02. The summed E-state index contributed by atoms with van der Waals surface area (Å²) < 4.78 is 42.8. The van der Waals surface area contributed by atoms with Crippen LogP contribution in [-0.2, 0) is 10.9 Å². The Labute approximate surface area is 140 Å². The molecule has 1 amide bonds. The van der Waals surface area contributed by atoms with E-state index < -0.39 is 29.7 Å². The summed E-state index contributed by atoms with van der Waals surface area (Å²) >= 11 is 0.952. The standard InChI is InChI=1S/C16H14F3NO3S/c1-9(10-4-3-5-11(8-10)16(17,18)19)20-14(21)12-6-7-13(24-12)15(22)23-2/h3-9H,1-2H3,(H,20,21). The number of halogens is 3. The molecular formula is C16H14F3NO3S. The lowest BCUT2D eigenvalue weighted by molar-refractivity contribution is -0.137. The van der Waals surface area contributed by atoms with Crippen molar-refractivity contribution >= 4 is 23.2 Å². The van der Waals surface area contributed by atoms with E-state index in [-0.39, 0.29) is 9.75 Å². The van der Waals surface area contributed by atoms with Crippen molar-refractivity contribution in [3.8, 4) is 0 Å². The van der Waals surface area contributed by atoms with Crippen molar-refractivity contribution in [3.63, 3.8) is 0 Å². The lowest BCUT2D eigenvalue weighted by Gasteiger charge is -2.15. The number of carbonyl (C=O) groups excluding carboxylic acids is 2. The first kappa shape index (κ1) is 18.0. The normalized spacial score (nSPS) is 12.5. The molecule has 1 heterocycles. The number of carbonyl (C=O) groups is 2. The van der Waals surface area contributed by atoms with Gasteiger partial charge in [0.1, 0.15) is 4.88 Å². The fourth-order valence-corrected chi connectivity index (χ4v) is 2.83. The van der Waals surface area contributed by atoms with Gasteiger partial charge in [-0.1, -0.05) is 12.1 Å². The molecule has 0 saturated heterocycles. The zero-order chi connectivity index (χ0) is 17.9. The molecule has 0 fully saturated rings. The van der Waals surface area contributed by atoms with Gasteiger partial charge in [0.15, 0.2) is 0 Å². The summed E-state index contributed by atoms with van der Waals surface area (Å²) in [6.07, 6.45) is -4.44. The van der Waals surface area contributed by atoms with Gasteiger partial charge < -0.3 is 10.1 Å². The van der Waals surface area contributed by atoms with Crippen molar-refractivity contribution in [2.75, 3.05) is 7.11 Å². The molecule has 0 saturated carbocycles. The second kappa shape index (κ2) is 7.04. The molecule has 2 aromatic rings. The average molecular weight is 357 g/mol. The Hall–Kier alpha value is -2.35. The number of nitrogens with one attached hydrogen (secondary N) is 1. The number of methoxy groups -OCH3 is 1. The lowest BCUT2D eigenvalue weighted by atomic mass is 10.0. The third-order valence-corrected chi connectivity index (χ3v) is 4.34. The van der Waals surface area contributed by atoms with E-state index in [9.17, 15) is 22.8 Å². The highest BCUT2D eigenvalue weighted by molar-refractivity contribution is 7.15. The topological polar surface area (TPSA) is 55.4 Å². The van der Waals surface area contributed by atoms with Crippen LogP contribution in [0.2, 0.25) is 0 Å². The number of ether oxygens (including phenoxy) is 1. The van der Waals surface area contributed by atoms with E-state index in [1.54, 1.807) is 6.92 Å². The second-order valence-electron chi connectivity index (χ2n) is 4.97. The minimum atomic E-state index is -4.44. The summed E-state index contributed by atoms with van der Waals surface area (Å²) in [4.78, 5) is 24.1. The van der Waals surface area contributed by atoms with Gasteiger partial charge in [-0.25, -0.2) is 4.79 Å². The van der Waals surface area contributed by atoms with Gasteiger partial charge in [-0.05, 0) is 36.8 Å². The zero-order valence-corrected chi connectivity index (χ0v) is 13.6. The van der Waals surface area contributed by atoms with Gasteiger partial charge in [0.2, 0.25) is 0 Å². The number of hydrogen-bond donors (Lipinski definition) is 1. The molecule has 1 N–H and O–H groups in total. The Balaban J connectivity index is 2.12. The van der Waals surface area contributed by atoms with Crippen LogP contribution < -0.4 is 5.32 Å². The molecule has 8 heteroatoms. The SMILES string of the molecule is COC(=O)c1ccc(C(=O)NC(C)c2cccc(C(F)(F)F)c2)s1. The van der Waals surface area contributed by atoms with Crippen molar-refractivity contribution in [2.24, 2.45) is 0 Å². The molecule has 0 spiro atoms. The molecule has 0 bridgehead atoms. The summed E-state index contributed by atoms with van der Waals surface area (Å²) in [7, 11) is 1.23. The second-order valence-corrected chi connectivity index (χ2v) is 6.06. The number of hydrogen-bond acceptors (Lipinski definition) is 4. The highest BCUT2D eigenvalue weighted by Crippen LogP contribution is 2.30. The molecule has 1 atom stereocenters. The third kappa shape index (κ3) is 4.14. The maximum atomic E-state index is 12.7. The van der Waals surface area contributed by atoms with E-state index in [4.69, 9.17) is 0 Å². The molecule has 4 nitrogen and oxygen atoms in total. The molecule has 0 aliphatic rings. The van der Waals surface area contributed by atoms with E-state index in [1.807, 2.05) is 0 Å². The van der Waals surface area contributed by atoms with Crippen molar-refractivity contribution in [3.05, 3.63) is 57.3 Å². The number of amides is 1. The molecule has 0 aliphatic heterocycles. The van der Waals surface area contributed by atoms with Crippen LogP contribution in [0.15, 0.2) is 36.4 Å². The highest BCUT2D eigenvalue weighted by atomic mass is 32.1. The van der Waals surface area contributed by atoms with Crippen LogP contribution in [0, 0.1) is 0 Å². The molecule has 24 heavy (non-hydrogen) atoms. The van der Waals surface area contributed by atoms with Crippen LogP contribution in [0.4, 0.5) is 13.2 Å². The summed E-state index contributed by atoms with van der Waals surface area (Å²) in [6.45, 7) is 1.59. The van der Waals surface area contributed by atoms with Crippen LogP contribution in [0.5, 0.6) is 0 Å². The van der Waals surface area contributed by atoms with Crippen LogP contribution in [-0.4, -0.2) is 19.0 Å². The number of thiophene rings is 1. The first-order chi connectivity index (χ1) is 11.2. The van der Waals surface area contributed by atoms with Gasteiger partial charge in [-0.2, -0.15) is 13.2 Å². The van der Waals surface area contributed by atoms with E-state index >= 15 is 0 Å². The van der Waals surface area contributed by atoms with Crippen LogP contribution in [0.1, 0.15) is 43.4 Å². The van der Waals surface area contributed by atoms with E-state index in [0.29, 0.717) is 5.56 Å². The average Bonchev–Trinajstić information content (AvgIpc) is 3.03. The molecule has 1 aromatic carbocycles. The lowest BCUT2D eigenvalue weighted by Crippen LogP contribution is -2.26. The Morgan fingerprint density at radius 3 is 2.46 bits per heavy atom. The number of rotatable bonds is 4. The largest absolute Gasteiger partial charge is 0.465 e. The third-order valence-electron chi connectivity index (χ3n) is 3.28. The number of benzene rings is 1. The maximum absolute atomic E-state index is 12.7. The molecule has 1 aromatic heterocycles. The van der Waals surface area contributed by atoms with E-state index in [1.165, 1.54) is 31.4 Å². The summed E-state index contributed by atoms with van der Waals surface area (Å²) in [5, 5.41) is 2.61. The van der Waals surface area contributed by atoms with Gasteiger partial charge in [-0.3, -0.25) is 4.79 Å². The summed E-state index contributed by atoms with van der Waals surface area (Å²) in [6, 6.07) is 7.07. The first-order valence-corrected chi connectivity index (χ1v) is 7.70. The molecule has 2 rings (SSSR count). The predicted molar refractivity (Wildman–Crippen MR) is 83.0 cm³/mol. The Morgan fingerprint density at radius 2 is 1.83 bits per heavy atom. The first-order valence-electron chi connectivity index (χ1n) is 6.88. The van der Waals surface area contributed by atoms with Crippen LogP contribution in [0.3, 0.4) is 0 Å². The molecular weight excluding hydrogens is 343 g/mol. The monoisotopic (exact) mass is 357 g/mol. The van der Waals surface area contributed by atoms with E-state index in [2.05, 4.69) is 10.1 Å². The summed E-state index contributed by atoms with van der Waals surface area (Å²) in [5.41, 5.74) is -0.437. The Morgan fingerprint density at radius 1 is 1.17 bits per heavy atom. The van der Waals surface area contributed by atoms with Crippen molar-refractivity contribution in [1.29, 1.82) is 0 Å². The quantitative estimate of drug-likeness (QED) is 0.840. The van der Waals surface area contributed by atoms with Gasteiger partial charge in [-0.15, -0.1) is 11.3 Å². The Kier molecular flexibility index (Phi) is 5.28. The van der Waals surface area contributed by atoms with Crippen LogP contribution in [0.25, 0.3) is 0 Å². The van der Waals surface area contributed by atoms with Gasteiger partial charge in [0.25, 0.3) is 5.91 Å². The highest BCUT2D eigenvalue weighted by Gasteiger charge is 2.30. The van der Waals surface area contributed by atoms with Crippen LogP contribution >= 0.6 is 11.3 Å². The van der Waals surface area contributed by atoms with Crippen molar-refractivity contribution in [2.45, 2.75) is 19.1 Å². The minimum Gasteiger partial charge on any atom is -0.465 e. The van der Waals surface area contributed by atoms with Crippen molar-refractivity contribution in [1.82, 2.24) is 5.32 Å². The van der Waals surface area contributed by atoms with Gasteiger partial charge in [0, 0.05) is 0 Å². The molecule has 0 aliphatic carbocycles. The number of alkyl halides is 3. The fourth-order valence-electron chi connectivity index (χ4n) is 2.01. The number of esters is 1.